The number of Topliss-reactive ketones (excluding diaryl/α,β-unsaturated/α-hetero) is 1. The van der Waals surface area contributed by atoms with Crippen molar-refractivity contribution in [2.75, 3.05) is 7.11 Å². The molecule has 0 aliphatic heterocycles. The first-order valence-electron chi connectivity index (χ1n) is 16.0. The number of carbonyl (C=O) groups is 2. The lowest BCUT2D eigenvalue weighted by Crippen LogP contribution is -2.02. The molecule has 0 N–H and O–H groups in total. The topological polar surface area (TPSA) is 43.4 Å². The van der Waals surface area contributed by atoms with E-state index >= 15 is 0 Å². The number of hydrogen-bond donors (Lipinski definition) is 0. The van der Waals surface area contributed by atoms with Gasteiger partial charge < -0.3 is 4.74 Å². The monoisotopic (exact) mass is 608 g/mol. The minimum absolute atomic E-state index is 0.176. The summed E-state index contributed by atoms with van der Waals surface area (Å²) in [6.45, 7) is 19.2. The number of benzene rings is 5. The number of methoxy groups -OCH3 is 1. The Labute approximate surface area is 274 Å². The smallest absolute Gasteiger partial charge is 0.337 e. The summed E-state index contributed by atoms with van der Waals surface area (Å²) in [4.78, 5) is 24.3. The fraction of sp³-hybridized carbons (Fsp3) is 0.256. The molecule has 0 bridgehead atoms. The van der Waals surface area contributed by atoms with Crippen molar-refractivity contribution in [3.8, 4) is 44.5 Å². The van der Waals surface area contributed by atoms with Crippen LogP contribution in [0, 0.1) is 55.4 Å². The summed E-state index contributed by atoms with van der Waals surface area (Å²) in [7, 11) is 1.41. The van der Waals surface area contributed by atoms with Gasteiger partial charge in [0.15, 0.2) is 5.78 Å². The standard InChI is InChI=1S/C43H44O3/c1-11-42(44)32-12-14-34(24(2)16-32)36-18-28(6)38(20-26(36)4)40-22-31(9)41(23-30(40)8)39-21-27(5)37(19-29(39)7)35-15-13-33(17-25(35)3)43(45)46-10/h12-23H,11H2,1-10H3. The fourth-order valence-corrected chi connectivity index (χ4v) is 6.74. The Morgan fingerprint density at radius 3 is 1.02 bits per heavy atom. The molecule has 46 heavy (non-hydrogen) atoms. The van der Waals surface area contributed by atoms with Crippen LogP contribution in [0.1, 0.15) is 78.6 Å². The second kappa shape index (κ2) is 12.9. The van der Waals surface area contributed by atoms with Crippen LogP contribution in [0.25, 0.3) is 44.5 Å². The Morgan fingerprint density at radius 2 is 0.717 bits per heavy atom. The van der Waals surface area contributed by atoms with Gasteiger partial charge in [0.05, 0.1) is 12.7 Å². The maximum atomic E-state index is 12.3. The average Bonchev–Trinajstić information content (AvgIpc) is 3.03. The first-order chi connectivity index (χ1) is 21.8. The molecule has 0 radical (unpaired) electrons. The molecule has 0 heterocycles. The van der Waals surface area contributed by atoms with Crippen molar-refractivity contribution in [1.82, 2.24) is 0 Å². The molecule has 0 spiro atoms. The highest BCUT2D eigenvalue weighted by Gasteiger charge is 2.17. The molecule has 0 aromatic heterocycles. The summed E-state index contributed by atoms with van der Waals surface area (Å²) >= 11 is 0. The van der Waals surface area contributed by atoms with E-state index in [-0.39, 0.29) is 11.8 Å². The van der Waals surface area contributed by atoms with E-state index < -0.39 is 0 Å². The third-order valence-electron chi connectivity index (χ3n) is 9.39. The highest BCUT2D eigenvalue weighted by Crippen LogP contribution is 2.39. The number of ketones is 1. The van der Waals surface area contributed by atoms with Crippen molar-refractivity contribution in [3.63, 3.8) is 0 Å². The number of esters is 1. The second-order valence-corrected chi connectivity index (χ2v) is 12.8. The van der Waals surface area contributed by atoms with Crippen molar-refractivity contribution in [3.05, 3.63) is 128 Å². The summed E-state index contributed by atoms with van der Waals surface area (Å²) in [6.07, 6.45) is 0.515. The van der Waals surface area contributed by atoms with Crippen molar-refractivity contribution in [2.24, 2.45) is 0 Å². The number of carbonyl (C=O) groups excluding carboxylic acids is 2. The van der Waals surface area contributed by atoms with Crippen LogP contribution in [0.3, 0.4) is 0 Å². The third kappa shape index (κ3) is 6.07. The van der Waals surface area contributed by atoms with Gasteiger partial charge in [0.2, 0.25) is 0 Å². The van der Waals surface area contributed by atoms with Gasteiger partial charge in [-0.25, -0.2) is 4.79 Å². The molecule has 0 amide bonds. The summed E-state index contributed by atoms with van der Waals surface area (Å²) < 4.78 is 4.91. The zero-order valence-electron chi connectivity index (χ0n) is 28.9. The van der Waals surface area contributed by atoms with Gasteiger partial charge in [0.1, 0.15) is 0 Å². The van der Waals surface area contributed by atoms with E-state index in [1.54, 1.807) is 0 Å². The molecule has 0 aliphatic carbocycles. The highest BCUT2D eigenvalue weighted by atomic mass is 16.5. The van der Waals surface area contributed by atoms with Gasteiger partial charge in [0, 0.05) is 12.0 Å². The quantitative estimate of drug-likeness (QED) is 0.136. The molecule has 234 valence electrons. The first kappa shape index (κ1) is 32.6. The first-order valence-corrected chi connectivity index (χ1v) is 16.0. The minimum Gasteiger partial charge on any atom is -0.465 e. The zero-order valence-corrected chi connectivity index (χ0v) is 28.9. The van der Waals surface area contributed by atoms with Gasteiger partial charge in [-0.05, 0) is 163 Å². The number of hydrogen-bond acceptors (Lipinski definition) is 3. The molecule has 3 nitrogen and oxygen atoms in total. The zero-order chi connectivity index (χ0) is 33.4. The molecule has 0 saturated heterocycles. The molecule has 0 aliphatic rings. The van der Waals surface area contributed by atoms with Crippen LogP contribution in [-0.4, -0.2) is 18.9 Å². The van der Waals surface area contributed by atoms with E-state index in [9.17, 15) is 9.59 Å². The average molecular weight is 609 g/mol. The largest absolute Gasteiger partial charge is 0.465 e. The van der Waals surface area contributed by atoms with Gasteiger partial charge in [-0.2, -0.15) is 0 Å². The van der Waals surface area contributed by atoms with E-state index in [4.69, 9.17) is 4.74 Å². The normalized spacial score (nSPS) is 11.1. The predicted molar refractivity (Wildman–Crippen MR) is 192 cm³/mol. The van der Waals surface area contributed by atoms with Gasteiger partial charge in [-0.15, -0.1) is 0 Å². The molecule has 5 aromatic carbocycles. The van der Waals surface area contributed by atoms with Gasteiger partial charge in [0.25, 0.3) is 0 Å². The maximum absolute atomic E-state index is 12.3. The van der Waals surface area contributed by atoms with Gasteiger partial charge >= 0.3 is 5.97 Å². The molecule has 0 saturated carbocycles. The predicted octanol–water partition coefficient (Wildman–Crippen LogP) is 11.2. The lowest BCUT2D eigenvalue weighted by atomic mass is 9.85. The highest BCUT2D eigenvalue weighted by molar-refractivity contribution is 5.97. The van der Waals surface area contributed by atoms with Crippen molar-refractivity contribution >= 4 is 11.8 Å². The number of aryl methyl sites for hydroxylation is 8. The second-order valence-electron chi connectivity index (χ2n) is 12.8. The summed E-state index contributed by atoms with van der Waals surface area (Å²) in [5.74, 6) is -0.144. The number of ether oxygens (including phenoxy) is 1. The SMILES string of the molecule is CCC(=O)c1ccc(-c2cc(C)c(-c3cc(C)c(-c4cc(C)c(-c5ccc(C(=O)OC)cc5C)cc4C)cc3C)cc2C)c(C)c1. The molecular weight excluding hydrogens is 564 g/mol. The van der Waals surface area contributed by atoms with Crippen LogP contribution in [0.2, 0.25) is 0 Å². The lowest BCUT2D eigenvalue weighted by Gasteiger charge is -2.20. The summed E-state index contributed by atoms with van der Waals surface area (Å²) in [6, 6.07) is 25.7. The molecular formula is C43H44O3. The van der Waals surface area contributed by atoms with E-state index in [0.29, 0.717) is 12.0 Å². The van der Waals surface area contributed by atoms with E-state index in [0.717, 1.165) is 22.3 Å². The van der Waals surface area contributed by atoms with Gasteiger partial charge in [-0.1, -0.05) is 61.5 Å². The van der Waals surface area contributed by atoms with E-state index in [2.05, 4.69) is 90.9 Å². The fourth-order valence-electron chi connectivity index (χ4n) is 6.74. The van der Waals surface area contributed by atoms with Crippen LogP contribution in [0.5, 0.6) is 0 Å². The molecule has 0 fully saturated rings. The van der Waals surface area contributed by atoms with Crippen molar-refractivity contribution < 1.29 is 14.3 Å². The Balaban J connectivity index is 1.51. The summed E-state index contributed by atoms with van der Waals surface area (Å²) in [5.41, 5.74) is 20.5. The van der Waals surface area contributed by atoms with E-state index in [1.165, 1.54) is 79.4 Å². The summed E-state index contributed by atoms with van der Waals surface area (Å²) in [5, 5.41) is 0. The molecule has 0 unspecified atom stereocenters. The van der Waals surface area contributed by atoms with Crippen molar-refractivity contribution in [2.45, 2.75) is 68.7 Å². The minimum atomic E-state index is -0.320. The molecule has 0 atom stereocenters. The van der Waals surface area contributed by atoms with Crippen LogP contribution in [0.4, 0.5) is 0 Å². The molecule has 5 aromatic rings. The third-order valence-corrected chi connectivity index (χ3v) is 9.39. The Bertz CT molecular complexity index is 1880. The van der Waals surface area contributed by atoms with Crippen LogP contribution >= 0.6 is 0 Å². The van der Waals surface area contributed by atoms with Crippen LogP contribution < -0.4 is 0 Å². The van der Waals surface area contributed by atoms with Gasteiger partial charge in [-0.3, -0.25) is 4.79 Å². The number of rotatable bonds is 7. The lowest BCUT2D eigenvalue weighted by molar-refractivity contribution is 0.0600. The van der Waals surface area contributed by atoms with Crippen molar-refractivity contribution in [1.29, 1.82) is 0 Å². The van der Waals surface area contributed by atoms with E-state index in [1.807, 2.05) is 44.2 Å². The Kier molecular flexibility index (Phi) is 9.17. The van der Waals surface area contributed by atoms with Crippen LogP contribution in [-0.2, 0) is 4.74 Å². The molecule has 3 heteroatoms. The maximum Gasteiger partial charge on any atom is 0.337 e. The Hall–Kier alpha value is -4.76. The molecule has 5 rings (SSSR count). The Morgan fingerprint density at radius 1 is 0.435 bits per heavy atom. The van der Waals surface area contributed by atoms with Crippen LogP contribution in [0.15, 0.2) is 72.8 Å².